The molecule has 116 valence electrons. The molecule has 0 saturated heterocycles. The summed E-state index contributed by atoms with van der Waals surface area (Å²) in [6.45, 7) is 8.49. The van der Waals surface area contributed by atoms with Crippen molar-refractivity contribution in [1.82, 2.24) is 0 Å². The van der Waals surface area contributed by atoms with Gasteiger partial charge in [-0.2, -0.15) is 0 Å². The summed E-state index contributed by atoms with van der Waals surface area (Å²) in [6, 6.07) is 13.7. The molecule has 0 aliphatic heterocycles. The summed E-state index contributed by atoms with van der Waals surface area (Å²) in [5.41, 5.74) is 4.01. The van der Waals surface area contributed by atoms with E-state index in [4.69, 9.17) is 0 Å². The van der Waals surface area contributed by atoms with E-state index in [-0.39, 0.29) is 11.4 Å². The number of hydrogen-bond acceptors (Lipinski definition) is 1. The third-order valence-electron chi connectivity index (χ3n) is 3.45. The minimum atomic E-state index is -0.229. The summed E-state index contributed by atoms with van der Waals surface area (Å²) in [4.78, 5) is 12.1. The number of anilines is 2. The number of halogens is 1. The molecule has 2 aromatic carbocycles. The highest BCUT2D eigenvalue weighted by molar-refractivity contribution is 14.1. The van der Waals surface area contributed by atoms with Crippen LogP contribution in [0.4, 0.5) is 16.2 Å². The van der Waals surface area contributed by atoms with Gasteiger partial charge in [0.05, 0.1) is 0 Å². The third kappa shape index (κ3) is 4.47. The number of nitrogens with one attached hydrogen (secondary N) is 2. The van der Waals surface area contributed by atoms with Crippen molar-refractivity contribution in [1.29, 1.82) is 0 Å². The molecule has 0 radical (unpaired) electrons. The van der Waals surface area contributed by atoms with Crippen LogP contribution in [-0.4, -0.2) is 6.03 Å². The van der Waals surface area contributed by atoms with Gasteiger partial charge in [0.1, 0.15) is 0 Å². The van der Waals surface area contributed by atoms with Crippen molar-refractivity contribution in [3.8, 4) is 0 Å². The zero-order chi connectivity index (χ0) is 16.3. The maximum Gasteiger partial charge on any atom is 0.323 e. The Labute approximate surface area is 145 Å². The molecule has 0 aromatic heterocycles. The monoisotopic (exact) mass is 408 g/mol. The molecule has 0 aliphatic rings. The normalized spacial score (nSPS) is 11.1. The molecule has 0 atom stereocenters. The zero-order valence-corrected chi connectivity index (χ0v) is 15.5. The second-order valence-electron chi connectivity index (χ2n) is 6.37. The minimum Gasteiger partial charge on any atom is -0.308 e. The smallest absolute Gasteiger partial charge is 0.308 e. The Morgan fingerprint density at radius 2 is 1.64 bits per heavy atom. The first-order chi connectivity index (χ1) is 10.3. The molecular formula is C18H21IN2O. The molecule has 22 heavy (non-hydrogen) atoms. The fourth-order valence-corrected chi connectivity index (χ4v) is 2.75. The SMILES string of the molecule is Cc1cc(I)ccc1NC(=O)Nc1ccc(C(C)(C)C)cc1. The predicted molar refractivity (Wildman–Crippen MR) is 102 cm³/mol. The maximum absolute atomic E-state index is 12.1. The number of hydrogen-bond donors (Lipinski definition) is 2. The molecule has 0 heterocycles. The Kier molecular flexibility index (Phi) is 5.11. The van der Waals surface area contributed by atoms with E-state index >= 15 is 0 Å². The highest BCUT2D eigenvalue weighted by Crippen LogP contribution is 2.23. The second kappa shape index (κ2) is 6.69. The molecule has 2 rings (SSSR count). The van der Waals surface area contributed by atoms with Gasteiger partial charge >= 0.3 is 6.03 Å². The first-order valence-electron chi connectivity index (χ1n) is 7.20. The van der Waals surface area contributed by atoms with E-state index in [2.05, 4.69) is 54.0 Å². The van der Waals surface area contributed by atoms with E-state index in [0.29, 0.717) is 0 Å². The summed E-state index contributed by atoms with van der Waals surface area (Å²) >= 11 is 2.26. The van der Waals surface area contributed by atoms with E-state index in [1.807, 2.05) is 49.4 Å². The molecule has 0 bridgehead atoms. The minimum absolute atomic E-state index is 0.110. The molecule has 2 N–H and O–H groups in total. The van der Waals surface area contributed by atoms with E-state index in [9.17, 15) is 4.79 Å². The fraction of sp³-hybridized carbons (Fsp3) is 0.278. The molecular weight excluding hydrogens is 387 g/mol. The van der Waals surface area contributed by atoms with Crippen LogP contribution in [-0.2, 0) is 5.41 Å². The molecule has 2 amide bonds. The predicted octanol–water partition coefficient (Wildman–Crippen LogP) is 5.54. The lowest BCUT2D eigenvalue weighted by Crippen LogP contribution is -2.20. The largest absolute Gasteiger partial charge is 0.323 e. The van der Waals surface area contributed by atoms with Gasteiger partial charge in [-0.15, -0.1) is 0 Å². The van der Waals surface area contributed by atoms with Gasteiger partial charge in [-0.1, -0.05) is 32.9 Å². The number of aryl methyl sites for hydroxylation is 1. The molecule has 3 nitrogen and oxygen atoms in total. The standard InChI is InChI=1S/C18H21IN2O/c1-12-11-14(19)7-10-16(12)21-17(22)20-15-8-5-13(6-9-15)18(2,3)4/h5-11H,1-4H3,(H2,20,21,22). The first kappa shape index (κ1) is 16.8. The average molecular weight is 408 g/mol. The molecule has 0 unspecified atom stereocenters. The van der Waals surface area contributed by atoms with Gasteiger partial charge in [-0.05, 0) is 76.4 Å². The lowest BCUT2D eigenvalue weighted by atomic mass is 9.87. The Hall–Kier alpha value is -1.56. The molecule has 0 aliphatic carbocycles. The van der Waals surface area contributed by atoms with Gasteiger partial charge in [0, 0.05) is 14.9 Å². The van der Waals surface area contributed by atoms with Crippen LogP contribution >= 0.6 is 22.6 Å². The van der Waals surface area contributed by atoms with Crippen LogP contribution in [0.25, 0.3) is 0 Å². The first-order valence-corrected chi connectivity index (χ1v) is 8.28. The van der Waals surface area contributed by atoms with Crippen molar-refractivity contribution in [2.45, 2.75) is 33.1 Å². The number of rotatable bonds is 2. The molecule has 0 fully saturated rings. The number of carbonyl (C=O) groups is 1. The van der Waals surface area contributed by atoms with Crippen LogP contribution < -0.4 is 10.6 Å². The van der Waals surface area contributed by atoms with Crippen molar-refractivity contribution < 1.29 is 4.79 Å². The number of urea groups is 1. The Bertz CT molecular complexity index is 672. The van der Waals surface area contributed by atoms with Gasteiger partial charge in [0.25, 0.3) is 0 Å². The number of amides is 2. The highest BCUT2D eigenvalue weighted by atomic mass is 127. The van der Waals surface area contributed by atoms with Gasteiger partial charge in [0.15, 0.2) is 0 Å². The van der Waals surface area contributed by atoms with Gasteiger partial charge in [0.2, 0.25) is 0 Å². The van der Waals surface area contributed by atoms with Crippen LogP contribution in [0.1, 0.15) is 31.9 Å². The zero-order valence-electron chi connectivity index (χ0n) is 13.3. The quantitative estimate of drug-likeness (QED) is 0.630. The molecule has 0 saturated carbocycles. The Balaban J connectivity index is 2.03. The van der Waals surface area contributed by atoms with E-state index in [0.717, 1.165) is 20.5 Å². The van der Waals surface area contributed by atoms with Crippen molar-refractivity contribution in [3.05, 3.63) is 57.2 Å². The van der Waals surface area contributed by atoms with Crippen LogP contribution in [0.5, 0.6) is 0 Å². The second-order valence-corrected chi connectivity index (χ2v) is 7.61. The lowest BCUT2D eigenvalue weighted by Gasteiger charge is -2.19. The fourth-order valence-electron chi connectivity index (χ4n) is 2.11. The summed E-state index contributed by atoms with van der Waals surface area (Å²) in [7, 11) is 0. The summed E-state index contributed by atoms with van der Waals surface area (Å²) in [5.74, 6) is 0. The summed E-state index contributed by atoms with van der Waals surface area (Å²) < 4.78 is 1.15. The topological polar surface area (TPSA) is 41.1 Å². The van der Waals surface area contributed by atoms with E-state index in [1.165, 1.54) is 5.56 Å². The van der Waals surface area contributed by atoms with Crippen LogP contribution in [0.3, 0.4) is 0 Å². The van der Waals surface area contributed by atoms with Crippen LogP contribution in [0.15, 0.2) is 42.5 Å². The van der Waals surface area contributed by atoms with Gasteiger partial charge in [-0.3, -0.25) is 0 Å². The van der Waals surface area contributed by atoms with Crippen molar-refractivity contribution in [3.63, 3.8) is 0 Å². The molecule has 4 heteroatoms. The Morgan fingerprint density at radius 1 is 1.00 bits per heavy atom. The van der Waals surface area contributed by atoms with Gasteiger partial charge < -0.3 is 10.6 Å². The van der Waals surface area contributed by atoms with Crippen molar-refractivity contribution >= 4 is 40.0 Å². The molecule has 2 aromatic rings. The average Bonchev–Trinajstić information content (AvgIpc) is 2.41. The lowest BCUT2D eigenvalue weighted by molar-refractivity contribution is 0.262. The van der Waals surface area contributed by atoms with Crippen LogP contribution in [0, 0.1) is 10.5 Å². The number of benzene rings is 2. The van der Waals surface area contributed by atoms with Crippen molar-refractivity contribution in [2.24, 2.45) is 0 Å². The molecule has 0 spiro atoms. The van der Waals surface area contributed by atoms with E-state index in [1.54, 1.807) is 0 Å². The maximum atomic E-state index is 12.1. The highest BCUT2D eigenvalue weighted by Gasteiger charge is 2.13. The van der Waals surface area contributed by atoms with Gasteiger partial charge in [-0.25, -0.2) is 4.79 Å². The Morgan fingerprint density at radius 3 is 2.18 bits per heavy atom. The third-order valence-corrected chi connectivity index (χ3v) is 4.12. The van der Waals surface area contributed by atoms with E-state index < -0.39 is 0 Å². The van der Waals surface area contributed by atoms with Crippen LogP contribution in [0.2, 0.25) is 0 Å². The summed E-state index contributed by atoms with van der Waals surface area (Å²) in [5, 5.41) is 5.74. The summed E-state index contributed by atoms with van der Waals surface area (Å²) in [6.07, 6.45) is 0. The number of carbonyl (C=O) groups excluding carboxylic acids is 1. The van der Waals surface area contributed by atoms with Crippen molar-refractivity contribution in [2.75, 3.05) is 10.6 Å².